The van der Waals surface area contributed by atoms with Gasteiger partial charge in [0.25, 0.3) is 0 Å². The summed E-state index contributed by atoms with van der Waals surface area (Å²) < 4.78 is 28.3. The van der Waals surface area contributed by atoms with E-state index in [0.717, 1.165) is 24.0 Å². The largest absolute Gasteiger partial charge is 0.351 e. The van der Waals surface area contributed by atoms with Crippen LogP contribution in [0.3, 0.4) is 0 Å². The second kappa shape index (κ2) is 12.0. The Morgan fingerprint density at radius 1 is 0.944 bits per heavy atom. The van der Waals surface area contributed by atoms with Gasteiger partial charge in [-0.2, -0.15) is 4.31 Å². The van der Waals surface area contributed by atoms with E-state index >= 15 is 0 Å². The summed E-state index contributed by atoms with van der Waals surface area (Å²) in [5.41, 5.74) is 3.26. The Bertz CT molecular complexity index is 1140. The highest BCUT2D eigenvalue weighted by Gasteiger charge is 2.40. The van der Waals surface area contributed by atoms with E-state index in [1.165, 1.54) is 21.7 Å². The minimum Gasteiger partial charge on any atom is -0.351 e. The molecule has 1 atom stereocenters. The van der Waals surface area contributed by atoms with Gasteiger partial charge >= 0.3 is 0 Å². The van der Waals surface area contributed by atoms with Crippen LogP contribution in [-0.2, 0) is 26.2 Å². The van der Waals surface area contributed by atoms with Gasteiger partial charge in [-0.15, -0.1) is 0 Å². The van der Waals surface area contributed by atoms with Crippen molar-refractivity contribution in [2.24, 2.45) is 0 Å². The fourth-order valence-electron chi connectivity index (χ4n) is 4.69. The fourth-order valence-corrected chi connectivity index (χ4v) is 6.26. The normalized spacial score (nSPS) is 17.0. The molecule has 0 aliphatic carbocycles. The maximum Gasteiger partial charge on any atom is 0.243 e. The predicted molar refractivity (Wildman–Crippen MR) is 142 cm³/mol. The highest BCUT2D eigenvalue weighted by atomic mass is 32.2. The van der Waals surface area contributed by atoms with E-state index in [-0.39, 0.29) is 42.9 Å². The van der Waals surface area contributed by atoms with Gasteiger partial charge < -0.3 is 10.2 Å². The van der Waals surface area contributed by atoms with Crippen molar-refractivity contribution in [2.45, 2.75) is 76.8 Å². The summed E-state index contributed by atoms with van der Waals surface area (Å²) in [7, 11) is -3.92. The summed E-state index contributed by atoms with van der Waals surface area (Å²) in [4.78, 5) is 27.0. The predicted octanol–water partition coefficient (Wildman–Crippen LogP) is 4.25. The number of carbonyl (C=O) groups excluding carboxylic acids is 2. The van der Waals surface area contributed by atoms with E-state index in [2.05, 4.69) is 31.3 Å². The summed E-state index contributed by atoms with van der Waals surface area (Å²) >= 11 is 0. The van der Waals surface area contributed by atoms with Gasteiger partial charge in [-0.05, 0) is 53.5 Å². The summed E-state index contributed by atoms with van der Waals surface area (Å²) in [6.07, 6.45) is 2.15. The van der Waals surface area contributed by atoms with Crippen molar-refractivity contribution in [1.82, 2.24) is 14.5 Å². The molecule has 1 heterocycles. The third kappa shape index (κ3) is 6.34. The molecular weight excluding hydrogens is 474 g/mol. The van der Waals surface area contributed by atoms with Crippen molar-refractivity contribution in [3.63, 3.8) is 0 Å². The lowest BCUT2D eigenvalue weighted by atomic mass is 9.93. The quantitative estimate of drug-likeness (QED) is 0.543. The molecule has 2 amide bonds. The summed E-state index contributed by atoms with van der Waals surface area (Å²) in [5, 5.41) is 2.90. The topological polar surface area (TPSA) is 86.8 Å². The number of amides is 2. The lowest BCUT2D eigenvalue weighted by Crippen LogP contribution is -2.61. The lowest BCUT2D eigenvalue weighted by Gasteiger charge is -2.39. The zero-order chi connectivity index (χ0) is 26.5. The van der Waals surface area contributed by atoms with Gasteiger partial charge in [-0.25, -0.2) is 8.42 Å². The Hall–Kier alpha value is -2.71. The summed E-state index contributed by atoms with van der Waals surface area (Å²) in [6, 6.07) is 14.0. The van der Waals surface area contributed by atoms with E-state index < -0.39 is 22.0 Å². The fraction of sp³-hybridized carbons (Fsp3) is 0.500. The Labute approximate surface area is 215 Å². The molecule has 0 radical (unpaired) electrons. The molecule has 36 heavy (non-hydrogen) atoms. The average Bonchev–Trinajstić information content (AvgIpc) is 2.88. The lowest BCUT2D eigenvalue weighted by molar-refractivity contribution is -0.134. The SMILES string of the molecule is CCC(CC)c1ccc(CNC(=O)C2CN(C(C)=O)CCN2S(=O)(=O)c2ccc(C(C)C)cc2)cc1. The minimum atomic E-state index is -3.92. The monoisotopic (exact) mass is 513 g/mol. The van der Waals surface area contributed by atoms with E-state index in [9.17, 15) is 18.0 Å². The second-order valence-electron chi connectivity index (χ2n) is 9.79. The molecule has 0 spiro atoms. The maximum atomic E-state index is 13.5. The van der Waals surface area contributed by atoms with Crippen molar-refractivity contribution < 1.29 is 18.0 Å². The zero-order valence-corrected chi connectivity index (χ0v) is 22.8. The van der Waals surface area contributed by atoms with Crippen LogP contribution in [0.4, 0.5) is 0 Å². The number of sulfonamides is 1. The number of nitrogens with one attached hydrogen (secondary N) is 1. The molecule has 1 fully saturated rings. The van der Waals surface area contributed by atoms with Crippen LogP contribution < -0.4 is 5.32 Å². The molecule has 1 aliphatic rings. The van der Waals surface area contributed by atoms with Gasteiger partial charge in [0.15, 0.2) is 0 Å². The standard InChI is InChI=1S/C28H39N3O4S/c1-6-23(7-2)25-10-8-22(9-11-25)18-29-28(33)27-19-30(21(5)32)16-17-31(27)36(34,35)26-14-12-24(13-15-26)20(3)4/h8-15,20,23,27H,6-7,16-19H2,1-5H3,(H,29,33). The van der Waals surface area contributed by atoms with Gasteiger partial charge in [0.05, 0.1) is 4.90 Å². The summed E-state index contributed by atoms with van der Waals surface area (Å²) in [6.45, 7) is 10.5. The molecule has 196 valence electrons. The van der Waals surface area contributed by atoms with Gasteiger partial charge in [0, 0.05) is 33.1 Å². The Balaban J connectivity index is 1.78. The molecule has 7 nitrogen and oxygen atoms in total. The van der Waals surface area contributed by atoms with Gasteiger partial charge in [0.2, 0.25) is 21.8 Å². The number of carbonyl (C=O) groups is 2. The molecular formula is C28H39N3O4S. The first kappa shape index (κ1) is 27.9. The summed E-state index contributed by atoms with van der Waals surface area (Å²) in [5.74, 6) is 0.209. The van der Waals surface area contributed by atoms with Crippen molar-refractivity contribution in [3.05, 3.63) is 65.2 Å². The molecule has 1 N–H and O–H groups in total. The molecule has 3 rings (SSSR count). The highest BCUT2D eigenvalue weighted by molar-refractivity contribution is 7.89. The molecule has 1 saturated heterocycles. The second-order valence-corrected chi connectivity index (χ2v) is 11.7. The van der Waals surface area contributed by atoms with Gasteiger partial charge in [-0.3, -0.25) is 9.59 Å². The van der Waals surface area contributed by atoms with Crippen LogP contribution in [0.1, 0.15) is 76.0 Å². The van der Waals surface area contributed by atoms with E-state index in [1.54, 1.807) is 12.1 Å². The zero-order valence-electron chi connectivity index (χ0n) is 22.0. The average molecular weight is 514 g/mol. The van der Waals surface area contributed by atoms with Crippen molar-refractivity contribution in [2.75, 3.05) is 19.6 Å². The van der Waals surface area contributed by atoms with Crippen LogP contribution in [0, 0.1) is 0 Å². The Kier molecular flexibility index (Phi) is 9.30. The molecule has 1 unspecified atom stereocenters. The molecule has 0 aromatic heterocycles. The van der Waals surface area contributed by atoms with Crippen molar-refractivity contribution in [1.29, 1.82) is 0 Å². The van der Waals surface area contributed by atoms with Gasteiger partial charge in [-0.1, -0.05) is 64.1 Å². The molecule has 8 heteroatoms. The van der Waals surface area contributed by atoms with Crippen LogP contribution in [-0.4, -0.2) is 55.1 Å². The van der Waals surface area contributed by atoms with Crippen molar-refractivity contribution >= 4 is 21.8 Å². The van der Waals surface area contributed by atoms with Crippen LogP contribution in [0.2, 0.25) is 0 Å². The van der Waals surface area contributed by atoms with Crippen LogP contribution in [0.15, 0.2) is 53.4 Å². The molecule has 0 saturated carbocycles. The Morgan fingerprint density at radius 2 is 1.53 bits per heavy atom. The number of nitrogens with zero attached hydrogens (tertiary/aromatic N) is 2. The smallest absolute Gasteiger partial charge is 0.243 e. The number of piperazine rings is 1. The number of rotatable bonds is 9. The number of hydrogen-bond donors (Lipinski definition) is 1. The third-order valence-corrected chi connectivity index (χ3v) is 9.06. The molecule has 0 bridgehead atoms. The van der Waals surface area contributed by atoms with Crippen LogP contribution >= 0.6 is 0 Å². The van der Waals surface area contributed by atoms with Crippen molar-refractivity contribution in [3.8, 4) is 0 Å². The first-order valence-electron chi connectivity index (χ1n) is 12.8. The molecule has 2 aromatic carbocycles. The third-order valence-electron chi connectivity index (χ3n) is 7.14. The van der Waals surface area contributed by atoms with Crippen LogP contribution in [0.5, 0.6) is 0 Å². The van der Waals surface area contributed by atoms with E-state index in [4.69, 9.17) is 0 Å². The maximum absolute atomic E-state index is 13.5. The number of hydrogen-bond acceptors (Lipinski definition) is 4. The number of benzene rings is 2. The van der Waals surface area contributed by atoms with E-state index in [1.807, 2.05) is 38.1 Å². The minimum absolute atomic E-state index is 0.0259. The Morgan fingerprint density at radius 3 is 2.06 bits per heavy atom. The first-order valence-corrected chi connectivity index (χ1v) is 14.3. The molecule has 2 aromatic rings. The first-order chi connectivity index (χ1) is 17.1. The molecule has 1 aliphatic heterocycles. The van der Waals surface area contributed by atoms with Crippen LogP contribution in [0.25, 0.3) is 0 Å². The van der Waals surface area contributed by atoms with Gasteiger partial charge in [0.1, 0.15) is 6.04 Å². The highest BCUT2D eigenvalue weighted by Crippen LogP contribution is 2.25. The van der Waals surface area contributed by atoms with E-state index in [0.29, 0.717) is 5.92 Å².